The molecule has 0 aliphatic rings. The zero-order valence-electron chi connectivity index (χ0n) is 55.5. The molecule has 1 unspecified atom stereocenters. The van der Waals surface area contributed by atoms with Crippen LogP contribution in [-0.2, 0) is 28.6 Å². The third-order valence-corrected chi connectivity index (χ3v) is 16.9. The Morgan fingerprint density at radius 2 is 0.439 bits per heavy atom. The summed E-state index contributed by atoms with van der Waals surface area (Å²) in [5.41, 5.74) is 0. The summed E-state index contributed by atoms with van der Waals surface area (Å²) >= 11 is 0. The molecular formula is C76H142O6. The lowest BCUT2D eigenvalue weighted by Crippen LogP contribution is -2.30. The first-order valence-corrected chi connectivity index (χ1v) is 37.0. The SMILES string of the molecule is CCCCCCC/C=C\C/C=C\CCCCCCCCCCCCCCCCCCCC(=O)OCC(COC(=O)CCCCCCCCCC)OC(=O)CCCCCCCCCCCCCCCCC/C=C\CCCCCCCCCC. The van der Waals surface area contributed by atoms with Crippen molar-refractivity contribution in [2.24, 2.45) is 0 Å². The van der Waals surface area contributed by atoms with Gasteiger partial charge in [0.1, 0.15) is 13.2 Å². The topological polar surface area (TPSA) is 78.9 Å². The van der Waals surface area contributed by atoms with Gasteiger partial charge in [0, 0.05) is 19.3 Å². The van der Waals surface area contributed by atoms with E-state index in [9.17, 15) is 14.4 Å². The van der Waals surface area contributed by atoms with E-state index in [4.69, 9.17) is 14.2 Å². The molecule has 0 fully saturated rings. The molecule has 482 valence electrons. The molecule has 0 aromatic carbocycles. The van der Waals surface area contributed by atoms with Gasteiger partial charge in [0.15, 0.2) is 6.10 Å². The van der Waals surface area contributed by atoms with Crippen LogP contribution < -0.4 is 0 Å². The fourth-order valence-corrected chi connectivity index (χ4v) is 11.3. The van der Waals surface area contributed by atoms with Gasteiger partial charge in [-0.3, -0.25) is 14.4 Å². The maximum Gasteiger partial charge on any atom is 0.306 e. The molecule has 0 saturated heterocycles. The fraction of sp³-hybridized carbons (Fsp3) is 0.882. The van der Waals surface area contributed by atoms with Crippen molar-refractivity contribution >= 4 is 17.9 Å². The van der Waals surface area contributed by atoms with Crippen molar-refractivity contribution < 1.29 is 28.6 Å². The quantitative estimate of drug-likeness (QED) is 0.0261. The number of unbranched alkanes of at least 4 members (excludes halogenated alkanes) is 52. The number of hydrogen-bond acceptors (Lipinski definition) is 6. The molecule has 1 atom stereocenters. The minimum atomic E-state index is -0.768. The van der Waals surface area contributed by atoms with Crippen LogP contribution in [0.4, 0.5) is 0 Å². The number of rotatable bonds is 69. The number of allylic oxidation sites excluding steroid dienone is 6. The Morgan fingerprint density at radius 1 is 0.244 bits per heavy atom. The van der Waals surface area contributed by atoms with E-state index in [-0.39, 0.29) is 31.1 Å². The maximum atomic E-state index is 12.9. The van der Waals surface area contributed by atoms with Crippen LogP contribution in [-0.4, -0.2) is 37.2 Å². The Bertz CT molecular complexity index is 1370. The molecule has 0 bridgehead atoms. The summed E-state index contributed by atoms with van der Waals surface area (Å²) in [5, 5.41) is 0. The smallest absolute Gasteiger partial charge is 0.306 e. The van der Waals surface area contributed by atoms with Gasteiger partial charge in [0.25, 0.3) is 0 Å². The van der Waals surface area contributed by atoms with Crippen molar-refractivity contribution in [2.45, 2.75) is 419 Å². The van der Waals surface area contributed by atoms with Crippen LogP contribution in [0.15, 0.2) is 36.5 Å². The summed E-state index contributed by atoms with van der Waals surface area (Å²) in [7, 11) is 0. The van der Waals surface area contributed by atoms with Crippen molar-refractivity contribution in [1.29, 1.82) is 0 Å². The summed E-state index contributed by atoms with van der Waals surface area (Å²) in [6.45, 7) is 6.67. The lowest BCUT2D eigenvalue weighted by Gasteiger charge is -2.18. The van der Waals surface area contributed by atoms with E-state index in [0.29, 0.717) is 19.3 Å². The molecule has 0 aliphatic heterocycles. The Hall–Kier alpha value is -2.37. The van der Waals surface area contributed by atoms with Crippen molar-refractivity contribution in [2.75, 3.05) is 13.2 Å². The molecule has 0 heterocycles. The van der Waals surface area contributed by atoms with Crippen molar-refractivity contribution in [3.63, 3.8) is 0 Å². The lowest BCUT2D eigenvalue weighted by molar-refractivity contribution is -0.167. The van der Waals surface area contributed by atoms with Crippen LogP contribution in [0.5, 0.6) is 0 Å². The highest BCUT2D eigenvalue weighted by atomic mass is 16.6. The Kier molecular flexibility index (Phi) is 69.1. The second kappa shape index (κ2) is 71.1. The minimum Gasteiger partial charge on any atom is -0.462 e. The molecular weight excluding hydrogens is 1010 g/mol. The molecule has 0 N–H and O–H groups in total. The average molecular weight is 1150 g/mol. The van der Waals surface area contributed by atoms with Gasteiger partial charge in [-0.05, 0) is 77.0 Å². The highest BCUT2D eigenvalue weighted by Crippen LogP contribution is 2.19. The van der Waals surface area contributed by atoms with Gasteiger partial charge in [0.05, 0.1) is 0 Å². The van der Waals surface area contributed by atoms with Gasteiger partial charge < -0.3 is 14.2 Å². The van der Waals surface area contributed by atoms with Crippen LogP contribution in [0, 0.1) is 0 Å². The predicted octanol–water partition coefficient (Wildman–Crippen LogP) is 25.5. The summed E-state index contributed by atoms with van der Waals surface area (Å²) in [5.74, 6) is -0.841. The normalized spacial score (nSPS) is 12.2. The van der Waals surface area contributed by atoms with Crippen LogP contribution in [0.25, 0.3) is 0 Å². The van der Waals surface area contributed by atoms with Gasteiger partial charge in [-0.1, -0.05) is 353 Å². The van der Waals surface area contributed by atoms with E-state index in [1.54, 1.807) is 0 Å². The van der Waals surface area contributed by atoms with E-state index >= 15 is 0 Å². The number of ether oxygens (including phenoxy) is 3. The summed E-state index contributed by atoms with van der Waals surface area (Å²) < 4.78 is 16.9. The Labute approximate surface area is 512 Å². The maximum absolute atomic E-state index is 12.9. The van der Waals surface area contributed by atoms with E-state index < -0.39 is 6.10 Å². The third-order valence-electron chi connectivity index (χ3n) is 16.9. The van der Waals surface area contributed by atoms with E-state index in [0.717, 1.165) is 64.2 Å². The first-order valence-electron chi connectivity index (χ1n) is 37.0. The van der Waals surface area contributed by atoms with Crippen LogP contribution >= 0.6 is 0 Å². The first-order chi connectivity index (χ1) is 40.5. The fourth-order valence-electron chi connectivity index (χ4n) is 11.3. The zero-order valence-corrected chi connectivity index (χ0v) is 55.5. The molecule has 0 aromatic heterocycles. The Morgan fingerprint density at radius 3 is 0.683 bits per heavy atom. The monoisotopic (exact) mass is 1150 g/mol. The molecule has 0 saturated carbocycles. The molecule has 82 heavy (non-hydrogen) atoms. The van der Waals surface area contributed by atoms with E-state index in [2.05, 4.69) is 57.2 Å². The van der Waals surface area contributed by atoms with E-state index in [1.165, 1.54) is 308 Å². The molecule has 6 nitrogen and oxygen atoms in total. The van der Waals surface area contributed by atoms with Gasteiger partial charge in [-0.2, -0.15) is 0 Å². The molecule has 0 rings (SSSR count). The summed E-state index contributed by atoms with van der Waals surface area (Å²) in [6, 6.07) is 0. The van der Waals surface area contributed by atoms with Crippen molar-refractivity contribution in [3.05, 3.63) is 36.5 Å². The third kappa shape index (κ3) is 68.4. The lowest BCUT2D eigenvalue weighted by atomic mass is 10.0. The molecule has 0 aliphatic carbocycles. The van der Waals surface area contributed by atoms with Gasteiger partial charge in [-0.15, -0.1) is 0 Å². The summed E-state index contributed by atoms with van der Waals surface area (Å²) in [4.78, 5) is 38.3. The van der Waals surface area contributed by atoms with Gasteiger partial charge in [0.2, 0.25) is 0 Å². The van der Waals surface area contributed by atoms with Crippen LogP contribution in [0.1, 0.15) is 412 Å². The number of carbonyl (C=O) groups excluding carboxylic acids is 3. The highest BCUT2D eigenvalue weighted by molar-refractivity contribution is 5.71. The highest BCUT2D eigenvalue weighted by Gasteiger charge is 2.19. The minimum absolute atomic E-state index is 0.0660. The van der Waals surface area contributed by atoms with Crippen LogP contribution in [0.3, 0.4) is 0 Å². The molecule has 0 radical (unpaired) electrons. The molecule has 6 heteroatoms. The zero-order chi connectivity index (χ0) is 59.2. The van der Waals surface area contributed by atoms with Crippen LogP contribution in [0.2, 0.25) is 0 Å². The largest absolute Gasteiger partial charge is 0.462 e. The molecule has 0 amide bonds. The number of carbonyl (C=O) groups is 3. The van der Waals surface area contributed by atoms with Gasteiger partial charge in [-0.25, -0.2) is 0 Å². The molecule has 0 aromatic rings. The van der Waals surface area contributed by atoms with Crippen molar-refractivity contribution in [3.8, 4) is 0 Å². The average Bonchev–Trinajstić information content (AvgIpc) is 3.47. The number of hydrogen-bond donors (Lipinski definition) is 0. The Balaban J connectivity index is 4.04. The standard InChI is InChI=1S/C76H142O6/c1-4-7-10-13-16-19-21-23-25-27-29-31-33-35-37-38-40-41-43-45-47-49-51-53-55-57-60-63-66-69-75(78)81-72-73(71-80-74(77)68-65-62-59-18-15-12-9-6-3)82-76(79)70-67-64-61-58-56-54-52-50-48-46-44-42-39-36-34-32-30-28-26-24-22-20-17-14-11-8-5-2/h21,23,27-30,73H,4-20,22,24-26,31-72H2,1-3H3/b23-21-,29-27-,30-28-. The van der Waals surface area contributed by atoms with Gasteiger partial charge >= 0.3 is 17.9 Å². The second-order valence-corrected chi connectivity index (χ2v) is 25.2. The van der Waals surface area contributed by atoms with Crippen molar-refractivity contribution in [1.82, 2.24) is 0 Å². The molecule has 0 spiro atoms. The van der Waals surface area contributed by atoms with E-state index in [1.807, 2.05) is 0 Å². The predicted molar refractivity (Wildman–Crippen MR) is 358 cm³/mol. The second-order valence-electron chi connectivity index (χ2n) is 25.2. The number of esters is 3. The summed E-state index contributed by atoms with van der Waals surface area (Å²) in [6.07, 6.45) is 89.3. The first kappa shape index (κ1) is 79.6.